The molecule has 0 aromatic heterocycles. The van der Waals surface area contributed by atoms with E-state index in [4.69, 9.17) is 4.74 Å². The van der Waals surface area contributed by atoms with Crippen LogP contribution in [0.2, 0.25) is 0 Å². The molecule has 0 aromatic rings. The summed E-state index contributed by atoms with van der Waals surface area (Å²) in [7, 11) is 1.42. The Labute approximate surface area is 84.0 Å². The van der Waals surface area contributed by atoms with Crippen molar-refractivity contribution in [1.29, 1.82) is 0 Å². The lowest BCUT2D eigenvalue weighted by Gasteiger charge is -2.46. The lowest BCUT2D eigenvalue weighted by Crippen LogP contribution is -2.58. The molecule has 0 radical (unpaired) electrons. The number of hydrogen-bond donors (Lipinski definition) is 1. The van der Waals surface area contributed by atoms with Gasteiger partial charge in [-0.3, -0.25) is 4.79 Å². The number of carbonyl (C=O) groups is 1. The lowest BCUT2D eigenvalue weighted by molar-refractivity contribution is -0.148. The van der Waals surface area contributed by atoms with E-state index in [2.05, 4.69) is 10.1 Å². The molecular weight excluding hydrogens is 182 g/mol. The number of carbonyl (C=O) groups excluding carboxylic acids is 1. The molecule has 2 fully saturated rings. The molecule has 1 atom stereocenters. The van der Waals surface area contributed by atoms with Crippen molar-refractivity contribution in [3.05, 3.63) is 0 Å². The molecule has 4 heteroatoms. The number of ether oxygens (including phenoxy) is 2. The maximum atomic E-state index is 11.0. The van der Waals surface area contributed by atoms with Gasteiger partial charge in [0.15, 0.2) is 0 Å². The van der Waals surface area contributed by atoms with Crippen molar-refractivity contribution < 1.29 is 14.3 Å². The summed E-state index contributed by atoms with van der Waals surface area (Å²) in [4.78, 5) is 11.0. The van der Waals surface area contributed by atoms with E-state index >= 15 is 0 Å². The SMILES string of the molecule is COC(=O)CC1CCC2(CNC2)CO1. The minimum atomic E-state index is -0.169. The van der Waals surface area contributed by atoms with E-state index in [9.17, 15) is 4.79 Å². The molecule has 1 spiro atoms. The van der Waals surface area contributed by atoms with Gasteiger partial charge in [0.05, 0.1) is 26.2 Å². The molecule has 1 N–H and O–H groups in total. The maximum absolute atomic E-state index is 11.0. The second kappa shape index (κ2) is 3.87. The average Bonchev–Trinajstić information content (AvgIpc) is 2.16. The molecule has 2 rings (SSSR count). The predicted octanol–water partition coefficient (Wildman–Crippen LogP) is 0.318. The minimum absolute atomic E-state index is 0.0775. The quantitative estimate of drug-likeness (QED) is 0.651. The van der Waals surface area contributed by atoms with Gasteiger partial charge in [0.25, 0.3) is 0 Å². The number of nitrogens with one attached hydrogen (secondary N) is 1. The monoisotopic (exact) mass is 199 g/mol. The standard InChI is InChI=1S/C10H17NO3/c1-13-9(12)4-8-2-3-10(7-14-8)5-11-6-10/h8,11H,2-7H2,1H3. The molecule has 0 amide bonds. The van der Waals surface area contributed by atoms with Crippen LogP contribution in [-0.2, 0) is 14.3 Å². The fourth-order valence-corrected chi connectivity index (χ4v) is 2.10. The molecule has 4 nitrogen and oxygen atoms in total. The van der Waals surface area contributed by atoms with Crippen LogP contribution in [0.1, 0.15) is 19.3 Å². The summed E-state index contributed by atoms with van der Waals surface area (Å²) >= 11 is 0. The maximum Gasteiger partial charge on any atom is 0.308 e. The summed E-state index contributed by atoms with van der Waals surface area (Å²) in [5.41, 5.74) is 0.382. The third-order valence-electron chi connectivity index (χ3n) is 3.24. The molecule has 0 saturated carbocycles. The zero-order valence-electron chi connectivity index (χ0n) is 8.54. The van der Waals surface area contributed by atoms with Gasteiger partial charge in [-0.1, -0.05) is 0 Å². The first kappa shape index (κ1) is 9.93. The third kappa shape index (κ3) is 1.91. The highest BCUT2D eigenvalue weighted by molar-refractivity contribution is 5.69. The van der Waals surface area contributed by atoms with Crippen molar-refractivity contribution in [3.8, 4) is 0 Å². The van der Waals surface area contributed by atoms with E-state index in [0.29, 0.717) is 11.8 Å². The first-order valence-corrected chi connectivity index (χ1v) is 5.13. The van der Waals surface area contributed by atoms with Gasteiger partial charge in [-0.15, -0.1) is 0 Å². The van der Waals surface area contributed by atoms with Gasteiger partial charge in [-0.2, -0.15) is 0 Å². The number of hydrogen-bond acceptors (Lipinski definition) is 4. The molecular formula is C10H17NO3. The van der Waals surface area contributed by atoms with Gasteiger partial charge in [0.2, 0.25) is 0 Å². The Bertz CT molecular complexity index is 215. The van der Waals surface area contributed by atoms with Gasteiger partial charge >= 0.3 is 5.97 Å². The van der Waals surface area contributed by atoms with E-state index in [-0.39, 0.29) is 12.1 Å². The van der Waals surface area contributed by atoms with Gasteiger partial charge in [0.1, 0.15) is 0 Å². The summed E-state index contributed by atoms with van der Waals surface area (Å²) in [6, 6.07) is 0. The lowest BCUT2D eigenvalue weighted by atomic mass is 9.76. The number of esters is 1. The molecule has 2 saturated heterocycles. The van der Waals surface area contributed by atoms with E-state index in [0.717, 1.165) is 26.1 Å². The van der Waals surface area contributed by atoms with E-state index < -0.39 is 0 Å². The van der Waals surface area contributed by atoms with Crippen LogP contribution in [0.5, 0.6) is 0 Å². The molecule has 2 heterocycles. The Morgan fingerprint density at radius 2 is 2.43 bits per heavy atom. The van der Waals surface area contributed by atoms with Crippen LogP contribution in [-0.4, -0.2) is 38.9 Å². The van der Waals surface area contributed by atoms with Gasteiger partial charge in [-0.05, 0) is 12.8 Å². The number of rotatable bonds is 2. The van der Waals surface area contributed by atoms with Crippen molar-refractivity contribution in [3.63, 3.8) is 0 Å². The van der Waals surface area contributed by atoms with Crippen LogP contribution in [0.3, 0.4) is 0 Å². The average molecular weight is 199 g/mol. The summed E-state index contributed by atoms with van der Waals surface area (Å²) in [5.74, 6) is -0.169. The summed E-state index contributed by atoms with van der Waals surface area (Å²) < 4.78 is 10.3. The number of methoxy groups -OCH3 is 1. The summed E-state index contributed by atoms with van der Waals surface area (Å²) in [6.45, 7) is 2.93. The van der Waals surface area contributed by atoms with Crippen LogP contribution in [0.4, 0.5) is 0 Å². The van der Waals surface area contributed by atoms with Crippen LogP contribution in [0, 0.1) is 5.41 Å². The second-order valence-corrected chi connectivity index (χ2v) is 4.36. The Morgan fingerprint density at radius 3 is 2.86 bits per heavy atom. The van der Waals surface area contributed by atoms with E-state index in [1.54, 1.807) is 0 Å². The fourth-order valence-electron chi connectivity index (χ4n) is 2.10. The molecule has 0 aliphatic carbocycles. The highest BCUT2D eigenvalue weighted by Crippen LogP contribution is 2.35. The van der Waals surface area contributed by atoms with Gasteiger partial charge in [0, 0.05) is 18.5 Å². The Hall–Kier alpha value is -0.610. The molecule has 2 aliphatic heterocycles. The Kier molecular flexibility index (Phi) is 2.74. The smallest absolute Gasteiger partial charge is 0.308 e. The van der Waals surface area contributed by atoms with Crippen LogP contribution < -0.4 is 5.32 Å². The second-order valence-electron chi connectivity index (χ2n) is 4.36. The van der Waals surface area contributed by atoms with Crippen molar-refractivity contribution in [2.24, 2.45) is 5.41 Å². The zero-order valence-corrected chi connectivity index (χ0v) is 8.54. The Balaban J connectivity index is 1.75. The highest BCUT2D eigenvalue weighted by atomic mass is 16.5. The van der Waals surface area contributed by atoms with Crippen molar-refractivity contribution >= 4 is 5.97 Å². The van der Waals surface area contributed by atoms with Crippen LogP contribution >= 0.6 is 0 Å². The minimum Gasteiger partial charge on any atom is -0.469 e. The van der Waals surface area contributed by atoms with Gasteiger partial charge < -0.3 is 14.8 Å². The molecule has 0 aromatic carbocycles. The topological polar surface area (TPSA) is 47.6 Å². The molecule has 80 valence electrons. The predicted molar refractivity (Wildman–Crippen MR) is 50.9 cm³/mol. The summed E-state index contributed by atoms with van der Waals surface area (Å²) in [6.07, 6.45) is 2.63. The highest BCUT2D eigenvalue weighted by Gasteiger charge is 2.41. The molecule has 1 unspecified atom stereocenters. The first-order valence-electron chi connectivity index (χ1n) is 5.13. The molecule has 2 aliphatic rings. The largest absolute Gasteiger partial charge is 0.469 e. The molecule has 14 heavy (non-hydrogen) atoms. The third-order valence-corrected chi connectivity index (χ3v) is 3.24. The zero-order chi connectivity index (χ0) is 10.0. The van der Waals surface area contributed by atoms with Crippen LogP contribution in [0.15, 0.2) is 0 Å². The van der Waals surface area contributed by atoms with E-state index in [1.807, 2.05) is 0 Å². The van der Waals surface area contributed by atoms with Crippen molar-refractivity contribution in [1.82, 2.24) is 5.32 Å². The molecule has 0 bridgehead atoms. The summed E-state index contributed by atoms with van der Waals surface area (Å²) in [5, 5.41) is 3.27. The Morgan fingerprint density at radius 1 is 1.64 bits per heavy atom. The fraction of sp³-hybridized carbons (Fsp3) is 0.900. The van der Waals surface area contributed by atoms with E-state index in [1.165, 1.54) is 13.5 Å². The van der Waals surface area contributed by atoms with Crippen LogP contribution in [0.25, 0.3) is 0 Å². The van der Waals surface area contributed by atoms with Gasteiger partial charge in [-0.25, -0.2) is 0 Å². The normalized spacial score (nSPS) is 29.6. The van der Waals surface area contributed by atoms with Crippen molar-refractivity contribution in [2.45, 2.75) is 25.4 Å². The van der Waals surface area contributed by atoms with Crippen molar-refractivity contribution in [2.75, 3.05) is 26.8 Å². The first-order chi connectivity index (χ1) is 6.74.